The molecule has 2 aromatic carbocycles. The van der Waals surface area contributed by atoms with Gasteiger partial charge in [-0.2, -0.15) is 0 Å². The zero-order valence-corrected chi connectivity index (χ0v) is 11.7. The topological polar surface area (TPSA) is 38.7 Å². The van der Waals surface area contributed by atoms with E-state index in [-0.39, 0.29) is 12.7 Å². The van der Waals surface area contributed by atoms with E-state index in [2.05, 4.69) is 18.7 Å². The summed E-state index contributed by atoms with van der Waals surface area (Å²) in [7, 11) is 0. The molecule has 21 heavy (non-hydrogen) atoms. The molecule has 108 valence electrons. The van der Waals surface area contributed by atoms with Gasteiger partial charge in [0.25, 0.3) is 0 Å². The number of benzene rings is 2. The average Bonchev–Trinajstić information content (AvgIpc) is 2.49. The summed E-state index contributed by atoms with van der Waals surface area (Å²) in [5, 5.41) is 9.88. The van der Waals surface area contributed by atoms with Crippen LogP contribution in [0.15, 0.2) is 55.1 Å². The summed E-state index contributed by atoms with van der Waals surface area (Å²) in [4.78, 5) is 0. The summed E-state index contributed by atoms with van der Waals surface area (Å²) in [6.45, 7) is 3.85. The molecular weight excluding hydrogens is 264 g/mol. The molecule has 2 unspecified atom stereocenters. The summed E-state index contributed by atoms with van der Waals surface area (Å²) >= 11 is 0. The first-order chi connectivity index (χ1) is 10.3. The Morgan fingerprint density at radius 1 is 1.19 bits per heavy atom. The molecule has 1 N–H and O–H groups in total. The molecule has 0 saturated heterocycles. The molecule has 2 atom stereocenters. The van der Waals surface area contributed by atoms with Crippen LogP contribution in [-0.2, 0) is 11.2 Å². The van der Waals surface area contributed by atoms with Gasteiger partial charge in [0.2, 0.25) is 6.29 Å². The van der Waals surface area contributed by atoms with Gasteiger partial charge < -0.3 is 14.6 Å². The minimum Gasteiger partial charge on any atom is -0.463 e. The molecule has 0 radical (unpaired) electrons. The summed E-state index contributed by atoms with van der Waals surface area (Å²) in [5.74, 6) is 0.616. The molecule has 0 fully saturated rings. The van der Waals surface area contributed by atoms with Gasteiger partial charge in [-0.15, -0.1) is 0 Å². The van der Waals surface area contributed by atoms with Crippen LogP contribution in [0, 0.1) is 0 Å². The van der Waals surface area contributed by atoms with Crippen LogP contribution in [0.5, 0.6) is 5.75 Å². The van der Waals surface area contributed by atoms with Gasteiger partial charge in [-0.05, 0) is 28.8 Å². The van der Waals surface area contributed by atoms with E-state index in [1.165, 1.54) is 11.1 Å². The van der Waals surface area contributed by atoms with E-state index >= 15 is 0 Å². The third-order valence-corrected chi connectivity index (χ3v) is 3.64. The molecule has 3 heteroatoms. The summed E-state index contributed by atoms with van der Waals surface area (Å²) in [6.07, 6.45) is 1.77. The van der Waals surface area contributed by atoms with Crippen LogP contribution in [0.2, 0.25) is 0 Å². The predicted molar refractivity (Wildman–Crippen MR) is 82.0 cm³/mol. The van der Waals surface area contributed by atoms with Gasteiger partial charge in [-0.25, -0.2) is 0 Å². The first-order valence-electron chi connectivity index (χ1n) is 7.03. The Balaban J connectivity index is 1.49. The highest BCUT2D eigenvalue weighted by Gasteiger charge is 2.26. The van der Waals surface area contributed by atoms with Crippen LogP contribution < -0.4 is 4.74 Å². The fourth-order valence-corrected chi connectivity index (χ4v) is 2.43. The maximum atomic E-state index is 9.88. The Hall–Kier alpha value is -2.10. The second-order valence-corrected chi connectivity index (χ2v) is 5.07. The third kappa shape index (κ3) is 3.15. The van der Waals surface area contributed by atoms with Gasteiger partial charge in [0.1, 0.15) is 12.4 Å². The Morgan fingerprint density at radius 3 is 2.67 bits per heavy atom. The van der Waals surface area contributed by atoms with Gasteiger partial charge in [-0.1, -0.05) is 49.1 Å². The largest absolute Gasteiger partial charge is 0.463 e. The molecule has 3 nitrogen and oxygen atoms in total. The normalized spacial score (nSPS) is 17.5. The van der Waals surface area contributed by atoms with Crippen LogP contribution in [0.4, 0.5) is 0 Å². The Bertz CT molecular complexity index is 619. The Kier molecular flexibility index (Phi) is 4.04. The summed E-state index contributed by atoms with van der Waals surface area (Å²) in [5.41, 5.74) is 3.54. The van der Waals surface area contributed by atoms with Crippen molar-refractivity contribution in [3.8, 4) is 5.75 Å². The molecule has 0 aliphatic heterocycles. The van der Waals surface area contributed by atoms with Crippen molar-refractivity contribution in [2.24, 2.45) is 0 Å². The van der Waals surface area contributed by atoms with Crippen molar-refractivity contribution in [2.45, 2.75) is 18.8 Å². The molecule has 1 aliphatic carbocycles. The highest BCUT2D eigenvalue weighted by atomic mass is 16.6. The van der Waals surface area contributed by atoms with Crippen LogP contribution in [0.3, 0.4) is 0 Å². The first kappa shape index (κ1) is 13.9. The van der Waals surface area contributed by atoms with Crippen molar-refractivity contribution in [1.29, 1.82) is 0 Å². The quantitative estimate of drug-likeness (QED) is 0.826. The third-order valence-electron chi connectivity index (χ3n) is 3.64. The highest BCUT2D eigenvalue weighted by molar-refractivity contribution is 5.48. The van der Waals surface area contributed by atoms with E-state index < -0.39 is 6.29 Å². The molecule has 0 heterocycles. The fourth-order valence-electron chi connectivity index (χ4n) is 2.43. The molecule has 2 aromatic rings. The average molecular weight is 282 g/mol. The lowest BCUT2D eigenvalue weighted by molar-refractivity contribution is -0.102. The molecular formula is C18H18O3. The second kappa shape index (κ2) is 6.12. The van der Waals surface area contributed by atoms with E-state index in [1.807, 2.05) is 24.3 Å². The number of aliphatic hydroxyl groups excluding tert-OH is 1. The number of fused-ring (bicyclic) bond motifs is 1. The molecule has 0 amide bonds. The number of aliphatic hydroxyl groups is 1. The first-order valence-corrected chi connectivity index (χ1v) is 7.03. The van der Waals surface area contributed by atoms with Crippen LogP contribution >= 0.6 is 0 Å². The predicted octanol–water partition coefficient (Wildman–Crippen LogP) is 3.34. The number of hydrogen-bond donors (Lipinski definition) is 1. The van der Waals surface area contributed by atoms with Gasteiger partial charge in [-0.3, -0.25) is 0 Å². The number of rotatable bonds is 6. The summed E-state index contributed by atoms with van der Waals surface area (Å²) < 4.78 is 11.1. The molecule has 0 spiro atoms. The van der Waals surface area contributed by atoms with Crippen molar-refractivity contribution in [2.75, 3.05) is 6.61 Å². The second-order valence-electron chi connectivity index (χ2n) is 5.07. The maximum Gasteiger partial charge on any atom is 0.221 e. The van der Waals surface area contributed by atoms with Crippen molar-refractivity contribution in [3.63, 3.8) is 0 Å². The Morgan fingerprint density at radius 2 is 1.95 bits per heavy atom. The minimum absolute atomic E-state index is 0.0718. The van der Waals surface area contributed by atoms with Crippen LogP contribution in [0.25, 0.3) is 6.08 Å². The summed E-state index contributed by atoms with van der Waals surface area (Å²) in [6, 6.07) is 15.6. The Labute approximate surface area is 124 Å². The van der Waals surface area contributed by atoms with Crippen molar-refractivity contribution < 1.29 is 14.6 Å². The number of hydrogen-bond acceptors (Lipinski definition) is 3. The number of ether oxygens (including phenoxy) is 2. The zero-order valence-electron chi connectivity index (χ0n) is 11.7. The molecule has 0 bridgehead atoms. The monoisotopic (exact) mass is 282 g/mol. The minimum atomic E-state index is -0.965. The van der Waals surface area contributed by atoms with E-state index in [9.17, 15) is 5.11 Å². The SMILES string of the molecule is C=Cc1ccc(OC(O)COC2Cc3ccccc32)cc1. The van der Waals surface area contributed by atoms with Crippen molar-refractivity contribution in [3.05, 3.63) is 71.8 Å². The van der Waals surface area contributed by atoms with Gasteiger partial charge in [0.15, 0.2) is 0 Å². The fraction of sp³-hybridized carbons (Fsp3) is 0.222. The zero-order chi connectivity index (χ0) is 14.7. The van der Waals surface area contributed by atoms with E-state index in [0.29, 0.717) is 5.75 Å². The van der Waals surface area contributed by atoms with Crippen molar-refractivity contribution >= 4 is 6.08 Å². The van der Waals surface area contributed by atoms with Gasteiger partial charge in [0, 0.05) is 6.42 Å². The molecule has 3 rings (SSSR count). The smallest absolute Gasteiger partial charge is 0.221 e. The lowest BCUT2D eigenvalue weighted by atomic mass is 9.85. The van der Waals surface area contributed by atoms with E-state index in [0.717, 1.165) is 12.0 Å². The van der Waals surface area contributed by atoms with Gasteiger partial charge >= 0.3 is 0 Å². The molecule has 0 saturated carbocycles. The maximum absolute atomic E-state index is 9.88. The van der Waals surface area contributed by atoms with Crippen LogP contribution in [-0.4, -0.2) is 18.0 Å². The lowest BCUT2D eigenvalue weighted by Gasteiger charge is -2.30. The van der Waals surface area contributed by atoms with Gasteiger partial charge in [0.05, 0.1) is 6.10 Å². The highest BCUT2D eigenvalue weighted by Crippen LogP contribution is 2.35. The van der Waals surface area contributed by atoms with E-state index in [4.69, 9.17) is 9.47 Å². The van der Waals surface area contributed by atoms with Crippen molar-refractivity contribution in [1.82, 2.24) is 0 Å². The standard InChI is InChI=1S/C18H18O3/c1-2-13-7-9-15(10-8-13)21-18(19)12-20-17-11-14-5-3-4-6-16(14)17/h2-10,17-19H,1,11-12H2. The lowest BCUT2D eigenvalue weighted by Crippen LogP contribution is -2.27. The molecule has 1 aliphatic rings. The van der Waals surface area contributed by atoms with E-state index in [1.54, 1.807) is 18.2 Å². The van der Waals surface area contributed by atoms with Crippen LogP contribution in [0.1, 0.15) is 22.8 Å². The molecule has 0 aromatic heterocycles.